The molecule has 0 radical (unpaired) electrons. The number of aryl methyl sites for hydroxylation is 1. The van der Waals surface area contributed by atoms with Crippen molar-refractivity contribution in [2.45, 2.75) is 32.4 Å². The van der Waals surface area contributed by atoms with Crippen LogP contribution in [0.3, 0.4) is 0 Å². The molecule has 0 unspecified atom stereocenters. The van der Waals surface area contributed by atoms with E-state index in [1.165, 1.54) is 29.5 Å². The summed E-state index contributed by atoms with van der Waals surface area (Å²) in [6.45, 7) is 4.63. The molecule has 8 nitrogen and oxygen atoms in total. The largest absolute Gasteiger partial charge is 0.490 e. The van der Waals surface area contributed by atoms with Gasteiger partial charge in [-0.15, -0.1) is 0 Å². The Hall–Kier alpha value is -3.50. The zero-order valence-electron chi connectivity index (χ0n) is 20.3. The summed E-state index contributed by atoms with van der Waals surface area (Å²) in [4.78, 5) is 23.6. The molecular weight excluding hydrogens is 558 g/mol. The second-order valence-corrected chi connectivity index (χ2v) is 10.2. The molecule has 1 heterocycles. The fraction of sp³-hybridized carbons (Fsp3) is 0.222. The van der Waals surface area contributed by atoms with E-state index in [1.54, 1.807) is 12.1 Å². The highest BCUT2D eigenvalue weighted by Gasteiger charge is 2.27. The van der Waals surface area contributed by atoms with Crippen molar-refractivity contribution in [3.05, 3.63) is 96.8 Å². The first-order valence-electron chi connectivity index (χ1n) is 11.7. The molecule has 192 valence electrons. The van der Waals surface area contributed by atoms with Crippen molar-refractivity contribution in [2.24, 2.45) is 0 Å². The maximum Gasteiger partial charge on any atom is 0.269 e. The third-order valence-electron chi connectivity index (χ3n) is 5.55. The van der Waals surface area contributed by atoms with Crippen molar-refractivity contribution in [3.8, 4) is 11.5 Å². The first-order valence-corrected chi connectivity index (χ1v) is 13.4. The SMILES string of the molecule is CCOc1cc(/C=C2\S[C@H](Nc3ccc(CC)cc3)NC2=O)cc(Br)c1OCc1ccc([N+](=O)[O-])cc1. The van der Waals surface area contributed by atoms with E-state index in [0.717, 1.165) is 23.2 Å². The van der Waals surface area contributed by atoms with Crippen LogP contribution in [0, 0.1) is 10.1 Å². The molecule has 1 saturated heterocycles. The number of halogens is 1. The van der Waals surface area contributed by atoms with Crippen LogP contribution < -0.4 is 20.1 Å². The van der Waals surface area contributed by atoms with Crippen LogP contribution in [-0.4, -0.2) is 22.9 Å². The third-order valence-corrected chi connectivity index (χ3v) is 7.17. The highest BCUT2D eigenvalue weighted by atomic mass is 79.9. The van der Waals surface area contributed by atoms with Gasteiger partial charge in [0.25, 0.3) is 11.6 Å². The molecule has 3 aromatic rings. The molecule has 10 heteroatoms. The lowest BCUT2D eigenvalue weighted by Crippen LogP contribution is -2.30. The molecule has 1 atom stereocenters. The number of nitro benzene ring substituents is 1. The average Bonchev–Trinajstić information content (AvgIpc) is 3.22. The Balaban J connectivity index is 1.47. The summed E-state index contributed by atoms with van der Waals surface area (Å²) in [6, 6.07) is 18.0. The monoisotopic (exact) mass is 583 g/mol. The van der Waals surface area contributed by atoms with Crippen molar-refractivity contribution in [1.29, 1.82) is 0 Å². The van der Waals surface area contributed by atoms with Gasteiger partial charge in [0, 0.05) is 17.8 Å². The summed E-state index contributed by atoms with van der Waals surface area (Å²) in [5, 5.41) is 17.2. The van der Waals surface area contributed by atoms with Crippen LogP contribution in [-0.2, 0) is 17.8 Å². The van der Waals surface area contributed by atoms with Gasteiger partial charge in [-0.1, -0.05) is 30.8 Å². The molecule has 2 N–H and O–H groups in total. The Morgan fingerprint density at radius 2 is 1.78 bits per heavy atom. The van der Waals surface area contributed by atoms with Gasteiger partial charge in [0.2, 0.25) is 0 Å². The van der Waals surface area contributed by atoms with Gasteiger partial charge in [-0.25, -0.2) is 0 Å². The molecule has 4 rings (SSSR count). The van der Waals surface area contributed by atoms with Gasteiger partial charge < -0.3 is 20.1 Å². The van der Waals surface area contributed by atoms with Crippen LogP contribution in [0.2, 0.25) is 0 Å². The second-order valence-electron chi connectivity index (χ2n) is 8.15. The molecule has 0 spiro atoms. The Labute approximate surface area is 227 Å². The van der Waals surface area contributed by atoms with Gasteiger partial charge in [0.15, 0.2) is 17.0 Å². The number of nitrogens with zero attached hydrogens (tertiary/aromatic N) is 1. The summed E-state index contributed by atoms with van der Waals surface area (Å²) >= 11 is 4.97. The smallest absolute Gasteiger partial charge is 0.269 e. The number of thioether (sulfide) groups is 1. The molecule has 0 saturated carbocycles. The van der Waals surface area contributed by atoms with Gasteiger partial charge in [-0.2, -0.15) is 0 Å². The van der Waals surface area contributed by atoms with Gasteiger partial charge >= 0.3 is 0 Å². The van der Waals surface area contributed by atoms with E-state index in [9.17, 15) is 14.9 Å². The maximum atomic E-state index is 12.6. The lowest BCUT2D eigenvalue weighted by Gasteiger charge is -2.15. The minimum atomic E-state index is -0.438. The fourth-order valence-corrected chi connectivity index (χ4v) is 5.21. The summed E-state index contributed by atoms with van der Waals surface area (Å²) in [7, 11) is 0. The van der Waals surface area contributed by atoms with Crippen molar-refractivity contribution in [1.82, 2.24) is 5.32 Å². The van der Waals surface area contributed by atoms with E-state index >= 15 is 0 Å². The van der Waals surface area contributed by atoms with Gasteiger partial charge in [0.1, 0.15) is 6.61 Å². The minimum Gasteiger partial charge on any atom is -0.490 e. The van der Waals surface area contributed by atoms with E-state index in [4.69, 9.17) is 9.47 Å². The predicted octanol–water partition coefficient (Wildman–Crippen LogP) is 6.50. The van der Waals surface area contributed by atoms with Crippen molar-refractivity contribution in [2.75, 3.05) is 11.9 Å². The fourth-order valence-electron chi connectivity index (χ4n) is 3.65. The summed E-state index contributed by atoms with van der Waals surface area (Å²) < 4.78 is 12.5. The summed E-state index contributed by atoms with van der Waals surface area (Å²) in [6.07, 6.45) is 2.79. The Bertz CT molecular complexity index is 1310. The number of hydrogen-bond acceptors (Lipinski definition) is 7. The molecule has 0 aliphatic carbocycles. The predicted molar refractivity (Wildman–Crippen MR) is 150 cm³/mol. The third kappa shape index (κ3) is 6.84. The number of amides is 1. The molecule has 1 fully saturated rings. The maximum absolute atomic E-state index is 12.6. The molecule has 1 amide bonds. The normalized spacial score (nSPS) is 15.9. The highest BCUT2D eigenvalue weighted by Crippen LogP contribution is 2.39. The van der Waals surface area contributed by atoms with Crippen LogP contribution in [0.4, 0.5) is 11.4 Å². The van der Waals surface area contributed by atoms with E-state index in [1.807, 2.05) is 37.3 Å². The number of hydrogen-bond donors (Lipinski definition) is 2. The van der Waals surface area contributed by atoms with E-state index in [-0.39, 0.29) is 23.7 Å². The van der Waals surface area contributed by atoms with E-state index in [2.05, 4.69) is 45.6 Å². The quantitative estimate of drug-likeness (QED) is 0.159. The molecular formula is C27H26BrN3O5S. The second kappa shape index (κ2) is 12.2. The number of anilines is 1. The average molecular weight is 584 g/mol. The first-order chi connectivity index (χ1) is 17.9. The molecule has 0 bridgehead atoms. The number of rotatable bonds is 10. The lowest BCUT2D eigenvalue weighted by atomic mass is 10.1. The number of nitro groups is 1. The molecule has 37 heavy (non-hydrogen) atoms. The zero-order chi connectivity index (χ0) is 26.4. The van der Waals surface area contributed by atoms with Crippen molar-refractivity contribution >= 4 is 51.0 Å². The Kier molecular flexibility index (Phi) is 8.73. The first kappa shape index (κ1) is 26.6. The number of non-ortho nitro benzene ring substituents is 1. The number of benzene rings is 3. The lowest BCUT2D eigenvalue weighted by molar-refractivity contribution is -0.384. The standard InChI is InChI=1S/C27H26BrN3O5S/c1-3-17-5-9-20(10-6-17)29-27-30-26(32)24(37-27)15-19-13-22(28)25(23(14-19)35-4-2)36-16-18-7-11-21(12-8-18)31(33)34/h5-15,27,29H,3-4,16H2,1-2H3,(H,30,32)/b24-15-/t27-/m1/s1. The van der Waals surface area contributed by atoms with E-state index < -0.39 is 4.92 Å². The number of ether oxygens (including phenoxy) is 2. The Morgan fingerprint density at radius 1 is 1.08 bits per heavy atom. The van der Waals surface area contributed by atoms with Crippen LogP contribution in [0.15, 0.2) is 70.0 Å². The Morgan fingerprint density at radius 3 is 2.43 bits per heavy atom. The topological polar surface area (TPSA) is 103 Å². The van der Waals surface area contributed by atoms with Crippen LogP contribution in [0.1, 0.15) is 30.5 Å². The number of nitrogens with one attached hydrogen (secondary N) is 2. The highest BCUT2D eigenvalue weighted by molar-refractivity contribution is 9.10. The zero-order valence-corrected chi connectivity index (χ0v) is 22.7. The molecule has 0 aromatic heterocycles. The summed E-state index contributed by atoms with van der Waals surface area (Å²) in [5.74, 6) is 0.890. The number of carbonyl (C=O) groups is 1. The van der Waals surface area contributed by atoms with E-state index in [0.29, 0.717) is 27.5 Å². The minimum absolute atomic E-state index is 0.0259. The van der Waals surface area contributed by atoms with Gasteiger partial charge in [-0.3, -0.25) is 14.9 Å². The van der Waals surface area contributed by atoms with Crippen molar-refractivity contribution in [3.63, 3.8) is 0 Å². The van der Waals surface area contributed by atoms with Crippen LogP contribution >= 0.6 is 27.7 Å². The molecule has 1 aliphatic rings. The van der Waals surface area contributed by atoms with Crippen molar-refractivity contribution < 1.29 is 19.2 Å². The molecule has 1 aliphatic heterocycles. The summed E-state index contributed by atoms with van der Waals surface area (Å²) in [5.41, 5.74) is 3.51. The van der Waals surface area contributed by atoms with Crippen LogP contribution in [0.25, 0.3) is 6.08 Å². The van der Waals surface area contributed by atoms with Gasteiger partial charge in [-0.05, 0) is 88.4 Å². The van der Waals surface area contributed by atoms with Crippen LogP contribution in [0.5, 0.6) is 11.5 Å². The molecule has 3 aromatic carbocycles. The van der Waals surface area contributed by atoms with Gasteiger partial charge in [0.05, 0.1) is 20.9 Å². The number of carbonyl (C=O) groups excluding carboxylic acids is 1.